The van der Waals surface area contributed by atoms with Crippen molar-refractivity contribution in [1.29, 1.82) is 0 Å². The van der Waals surface area contributed by atoms with E-state index in [1.165, 1.54) is 12.1 Å². The van der Waals surface area contributed by atoms with Crippen LogP contribution in [-0.2, 0) is 21.2 Å². The zero-order chi connectivity index (χ0) is 15.5. The highest BCUT2D eigenvalue weighted by atomic mass is 35.5. The Morgan fingerprint density at radius 3 is 2.43 bits per heavy atom. The molecule has 1 amide bonds. The second-order valence-electron chi connectivity index (χ2n) is 4.32. The van der Waals surface area contributed by atoms with Crippen molar-refractivity contribution in [2.45, 2.75) is 16.7 Å². The van der Waals surface area contributed by atoms with E-state index in [1.807, 2.05) is 6.07 Å². The van der Waals surface area contributed by atoms with Gasteiger partial charge in [-0.3, -0.25) is 4.79 Å². The van der Waals surface area contributed by atoms with Gasteiger partial charge in [0.2, 0.25) is 5.91 Å². The Morgan fingerprint density at radius 1 is 1.24 bits per heavy atom. The minimum Gasteiger partial charge on any atom is -0.368 e. The first-order chi connectivity index (χ1) is 9.88. The number of nitrogens with one attached hydrogen (secondary N) is 1. The summed E-state index contributed by atoms with van der Waals surface area (Å²) in [5.74, 6) is -0.731. The third-order valence-electron chi connectivity index (χ3n) is 2.74. The van der Waals surface area contributed by atoms with Crippen molar-refractivity contribution in [3.8, 4) is 0 Å². The lowest BCUT2D eigenvalue weighted by atomic mass is 10.1. The van der Waals surface area contributed by atoms with Crippen LogP contribution in [0, 0.1) is 0 Å². The van der Waals surface area contributed by atoms with Crippen LogP contribution >= 0.6 is 22.9 Å². The summed E-state index contributed by atoms with van der Waals surface area (Å²) in [6, 6.07) is 10.9. The second-order valence-corrected chi connectivity index (χ2v) is 7.98. The molecule has 0 unspecified atom stereocenters. The Labute approximate surface area is 131 Å². The van der Waals surface area contributed by atoms with Gasteiger partial charge in [0, 0.05) is 0 Å². The van der Waals surface area contributed by atoms with Gasteiger partial charge < -0.3 is 5.73 Å². The first-order valence-corrected chi connectivity index (χ1v) is 8.67. The zero-order valence-electron chi connectivity index (χ0n) is 10.8. The largest absolute Gasteiger partial charge is 0.368 e. The maximum Gasteiger partial charge on any atom is 0.250 e. The van der Waals surface area contributed by atoms with Crippen LogP contribution in [0.3, 0.4) is 0 Å². The highest BCUT2D eigenvalue weighted by Crippen LogP contribution is 2.25. The summed E-state index contributed by atoms with van der Waals surface area (Å²) in [7, 11) is -3.82. The molecule has 0 spiro atoms. The third kappa shape index (κ3) is 4.28. The van der Waals surface area contributed by atoms with Gasteiger partial charge in [0.1, 0.15) is 10.3 Å². The number of halogens is 1. The Balaban J connectivity index is 2.18. The summed E-state index contributed by atoms with van der Waals surface area (Å²) in [6.07, 6.45) is 0.189. The van der Waals surface area contributed by atoms with Gasteiger partial charge in [-0.25, -0.2) is 8.42 Å². The quantitative estimate of drug-likeness (QED) is 0.837. The number of carbonyl (C=O) groups excluding carboxylic acids is 1. The van der Waals surface area contributed by atoms with Gasteiger partial charge in [-0.15, -0.1) is 11.3 Å². The number of hydrogen-bond acceptors (Lipinski definition) is 4. The summed E-state index contributed by atoms with van der Waals surface area (Å²) in [4.78, 5) is 11.5. The van der Waals surface area contributed by atoms with Crippen LogP contribution in [0.2, 0.25) is 4.34 Å². The lowest BCUT2D eigenvalue weighted by Gasteiger charge is -2.15. The number of benzene rings is 1. The molecule has 0 saturated carbocycles. The summed E-state index contributed by atoms with van der Waals surface area (Å²) in [5.41, 5.74) is 6.10. The molecule has 1 aromatic carbocycles. The Bertz CT molecular complexity index is 729. The molecule has 2 rings (SSSR count). The van der Waals surface area contributed by atoms with Gasteiger partial charge in [0.25, 0.3) is 10.0 Å². The fourth-order valence-corrected chi connectivity index (χ4v) is 4.44. The smallest absolute Gasteiger partial charge is 0.250 e. The molecular formula is C13H13ClN2O3S2. The molecule has 0 bridgehead atoms. The van der Waals surface area contributed by atoms with Crippen LogP contribution in [0.4, 0.5) is 0 Å². The van der Waals surface area contributed by atoms with E-state index >= 15 is 0 Å². The zero-order valence-corrected chi connectivity index (χ0v) is 13.2. The SMILES string of the molecule is NC(=O)[C@@H](Cc1ccccc1)NS(=O)(=O)c1ccc(Cl)s1. The fourth-order valence-electron chi connectivity index (χ4n) is 1.74. The van der Waals surface area contributed by atoms with Crippen LogP contribution in [0.25, 0.3) is 0 Å². The number of primary amides is 1. The number of amides is 1. The van der Waals surface area contributed by atoms with Crippen LogP contribution in [0.1, 0.15) is 5.56 Å². The predicted octanol–water partition coefficient (Wildman–Crippen LogP) is 1.78. The summed E-state index contributed by atoms with van der Waals surface area (Å²) in [5, 5.41) is 0. The Hall–Kier alpha value is -1.41. The maximum atomic E-state index is 12.2. The highest BCUT2D eigenvalue weighted by molar-refractivity contribution is 7.91. The minimum atomic E-state index is -3.82. The van der Waals surface area contributed by atoms with Crippen LogP contribution < -0.4 is 10.5 Å². The molecule has 8 heteroatoms. The number of carbonyl (C=O) groups is 1. The standard InChI is InChI=1S/C13H13ClN2O3S2/c14-11-6-7-12(20-11)21(18,19)16-10(13(15)17)8-9-4-2-1-3-5-9/h1-7,10,16H,8H2,(H2,15,17)/t10-/m1/s1. The van der Waals surface area contributed by atoms with E-state index in [-0.39, 0.29) is 10.6 Å². The monoisotopic (exact) mass is 344 g/mol. The van der Waals surface area contributed by atoms with E-state index in [0.717, 1.165) is 16.9 Å². The van der Waals surface area contributed by atoms with E-state index < -0.39 is 22.0 Å². The first kappa shape index (κ1) is 16.0. The summed E-state index contributed by atoms with van der Waals surface area (Å²) in [6.45, 7) is 0. The van der Waals surface area contributed by atoms with Crippen LogP contribution in [0.5, 0.6) is 0 Å². The molecule has 0 radical (unpaired) electrons. The fraction of sp³-hybridized carbons (Fsp3) is 0.154. The molecule has 5 nitrogen and oxygen atoms in total. The van der Waals surface area contributed by atoms with Gasteiger partial charge in [-0.05, 0) is 24.1 Å². The Morgan fingerprint density at radius 2 is 1.90 bits per heavy atom. The average molecular weight is 345 g/mol. The molecule has 21 heavy (non-hydrogen) atoms. The molecule has 3 N–H and O–H groups in total. The van der Waals surface area contributed by atoms with Crippen molar-refractivity contribution in [3.63, 3.8) is 0 Å². The van der Waals surface area contributed by atoms with Crippen LogP contribution in [-0.4, -0.2) is 20.4 Å². The van der Waals surface area contributed by atoms with Crippen molar-refractivity contribution in [2.24, 2.45) is 5.73 Å². The minimum absolute atomic E-state index is 0.0480. The van der Waals surface area contributed by atoms with Gasteiger partial charge in [-0.1, -0.05) is 41.9 Å². The van der Waals surface area contributed by atoms with Gasteiger partial charge in [0.15, 0.2) is 0 Å². The van der Waals surface area contributed by atoms with E-state index in [1.54, 1.807) is 24.3 Å². The third-order valence-corrected chi connectivity index (χ3v) is 5.93. The number of thiophene rings is 1. The number of nitrogens with two attached hydrogens (primary N) is 1. The number of rotatable bonds is 6. The predicted molar refractivity (Wildman–Crippen MR) is 82.8 cm³/mol. The van der Waals surface area contributed by atoms with Gasteiger partial charge in [0.05, 0.1) is 4.34 Å². The van der Waals surface area contributed by atoms with Gasteiger partial charge >= 0.3 is 0 Å². The molecule has 1 heterocycles. The topological polar surface area (TPSA) is 89.3 Å². The van der Waals surface area contributed by atoms with Crippen molar-refractivity contribution >= 4 is 38.9 Å². The molecule has 0 fully saturated rings. The van der Waals surface area contributed by atoms with Gasteiger partial charge in [-0.2, -0.15) is 4.72 Å². The highest BCUT2D eigenvalue weighted by Gasteiger charge is 2.25. The van der Waals surface area contributed by atoms with E-state index in [0.29, 0.717) is 4.34 Å². The van der Waals surface area contributed by atoms with Crippen molar-refractivity contribution in [3.05, 3.63) is 52.4 Å². The molecule has 1 atom stereocenters. The first-order valence-electron chi connectivity index (χ1n) is 5.99. The number of hydrogen-bond donors (Lipinski definition) is 2. The van der Waals surface area contributed by atoms with Crippen molar-refractivity contribution in [1.82, 2.24) is 4.72 Å². The maximum absolute atomic E-state index is 12.2. The molecule has 0 aliphatic rings. The number of sulfonamides is 1. The summed E-state index contributed by atoms with van der Waals surface area (Å²) >= 11 is 6.65. The lowest BCUT2D eigenvalue weighted by molar-refractivity contribution is -0.119. The molecule has 0 aliphatic heterocycles. The van der Waals surface area contributed by atoms with E-state index in [2.05, 4.69) is 4.72 Å². The summed E-state index contributed by atoms with van der Waals surface area (Å²) < 4.78 is 27.1. The second kappa shape index (κ2) is 6.57. The average Bonchev–Trinajstić information content (AvgIpc) is 2.86. The molecule has 2 aromatic rings. The molecule has 1 aromatic heterocycles. The lowest BCUT2D eigenvalue weighted by Crippen LogP contribution is -2.45. The Kier molecular flexibility index (Phi) is 5.00. The normalized spacial score (nSPS) is 13.0. The molecule has 112 valence electrons. The van der Waals surface area contributed by atoms with E-state index in [9.17, 15) is 13.2 Å². The van der Waals surface area contributed by atoms with Crippen molar-refractivity contribution in [2.75, 3.05) is 0 Å². The molecule has 0 aliphatic carbocycles. The van der Waals surface area contributed by atoms with Crippen LogP contribution in [0.15, 0.2) is 46.7 Å². The molecule has 0 saturated heterocycles. The van der Waals surface area contributed by atoms with Crippen molar-refractivity contribution < 1.29 is 13.2 Å². The molecular weight excluding hydrogens is 332 g/mol. The van der Waals surface area contributed by atoms with E-state index in [4.69, 9.17) is 17.3 Å².